The zero-order valence-corrected chi connectivity index (χ0v) is 20.7. The van der Waals surface area contributed by atoms with Crippen LogP contribution in [0.15, 0.2) is 4.79 Å². The summed E-state index contributed by atoms with van der Waals surface area (Å²) >= 11 is 3.03. The van der Waals surface area contributed by atoms with Gasteiger partial charge in [-0.25, -0.2) is 4.98 Å². The predicted octanol–water partition coefficient (Wildman–Crippen LogP) is 3.47. The van der Waals surface area contributed by atoms with Crippen molar-refractivity contribution in [1.29, 1.82) is 0 Å². The van der Waals surface area contributed by atoms with E-state index in [9.17, 15) is 14.4 Å². The van der Waals surface area contributed by atoms with Crippen LogP contribution in [-0.4, -0.2) is 63.0 Å². The Labute approximate surface area is 197 Å². The first-order chi connectivity index (χ1) is 15.3. The maximum atomic E-state index is 12.9. The Kier molecular flexibility index (Phi) is 7.24. The maximum Gasteiger partial charge on any atom is 0.259 e. The number of carbonyl (C=O) groups excluding carboxylic acids is 2. The van der Waals surface area contributed by atoms with Gasteiger partial charge in [0.2, 0.25) is 11.8 Å². The third kappa shape index (κ3) is 4.88. The highest BCUT2D eigenvalue weighted by Gasteiger charge is 2.32. The maximum absolute atomic E-state index is 12.9. The van der Waals surface area contributed by atoms with Crippen LogP contribution in [0.3, 0.4) is 0 Å². The van der Waals surface area contributed by atoms with Crippen LogP contribution in [0.4, 0.5) is 0 Å². The Morgan fingerprint density at radius 3 is 2.50 bits per heavy atom. The Morgan fingerprint density at radius 1 is 1.12 bits per heavy atom. The number of aryl methyl sites for hydroxylation is 2. The van der Waals surface area contributed by atoms with Crippen LogP contribution in [0.25, 0.3) is 10.2 Å². The van der Waals surface area contributed by atoms with Crippen molar-refractivity contribution >= 4 is 45.1 Å². The second kappa shape index (κ2) is 9.95. The van der Waals surface area contributed by atoms with E-state index in [-0.39, 0.29) is 28.5 Å². The van der Waals surface area contributed by atoms with Gasteiger partial charge in [0, 0.05) is 37.0 Å². The molecule has 0 saturated carbocycles. The number of nitrogens with one attached hydrogen (secondary N) is 1. The predicted molar refractivity (Wildman–Crippen MR) is 130 cm³/mol. The van der Waals surface area contributed by atoms with Crippen molar-refractivity contribution < 1.29 is 9.59 Å². The number of thioether (sulfide) groups is 1. The molecule has 0 radical (unpaired) electrons. The van der Waals surface area contributed by atoms with Crippen molar-refractivity contribution in [2.45, 2.75) is 63.9 Å². The van der Waals surface area contributed by atoms with Gasteiger partial charge in [-0.2, -0.15) is 0 Å². The van der Waals surface area contributed by atoms with Gasteiger partial charge in [-0.15, -0.1) is 23.1 Å². The summed E-state index contributed by atoms with van der Waals surface area (Å²) < 4.78 is 0. The number of rotatable bonds is 5. The molecule has 4 heterocycles. The van der Waals surface area contributed by atoms with Gasteiger partial charge in [0.25, 0.3) is 5.56 Å². The highest BCUT2D eigenvalue weighted by molar-refractivity contribution is 7.99. The van der Waals surface area contributed by atoms with E-state index >= 15 is 0 Å². The molecule has 7 nitrogen and oxygen atoms in total. The zero-order chi connectivity index (χ0) is 22.8. The first-order valence-corrected chi connectivity index (χ1v) is 13.4. The number of carbonyl (C=O) groups is 2. The largest absolute Gasteiger partial charge is 0.342 e. The van der Waals surface area contributed by atoms with E-state index in [0.29, 0.717) is 30.1 Å². The molecule has 174 valence electrons. The number of hydrogen-bond acceptors (Lipinski definition) is 6. The number of aromatic amines is 1. The normalized spacial score (nSPS) is 18.8. The van der Waals surface area contributed by atoms with Gasteiger partial charge in [0.15, 0.2) is 0 Å². The third-order valence-corrected chi connectivity index (χ3v) is 8.97. The van der Waals surface area contributed by atoms with Crippen LogP contribution in [-0.2, 0) is 15.3 Å². The Morgan fingerprint density at radius 2 is 1.81 bits per heavy atom. The summed E-state index contributed by atoms with van der Waals surface area (Å²) in [5, 5.41) is 0.449. The first-order valence-electron chi connectivity index (χ1n) is 11.5. The van der Waals surface area contributed by atoms with E-state index in [4.69, 9.17) is 0 Å². The molecule has 4 rings (SSSR count). The molecule has 1 unspecified atom stereocenters. The lowest BCUT2D eigenvalue weighted by molar-refractivity contribution is -0.141. The summed E-state index contributed by atoms with van der Waals surface area (Å²) in [6.07, 6.45) is 4.94. The van der Waals surface area contributed by atoms with E-state index in [0.717, 1.165) is 54.0 Å². The van der Waals surface area contributed by atoms with Gasteiger partial charge in [-0.3, -0.25) is 14.4 Å². The summed E-state index contributed by atoms with van der Waals surface area (Å²) in [4.78, 5) is 51.4. The Bertz CT molecular complexity index is 1050. The van der Waals surface area contributed by atoms with Crippen LogP contribution in [0.2, 0.25) is 0 Å². The van der Waals surface area contributed by atoms with E-state index in [1.54, 1.807) is 0 Å². The van der Waals surface area contributed by atoms with Crippen LogP contribution in [0.1, 0.15) is 55.3 Å². The fourth-order valence-corrected chi connectivity index (χ4v) is 6.50. The molecule has 1 N–H and O–H groups in total. The number of nitrogens with zero attached hydrogens (tertiary/aromatic N) is 3. The molecule has 2 saturated heterocycles. The van der Waals surface area contributed by atoms with E-state index in [2.05, 4.69) is 9.97 Å². The molecule has 0 bridgehead atoms. The standard InChI is InChI=1S/C23H32N4O3S2/c1-14-15(2)32-21-19(14)20(28)24-18(25-21)13-31-16(3)22(29)27-11-7-17(8-12-27)23(30)26-9-5-4-6-10-26/h16-17H,4-13H2,1-3H3,(H,24,25,28). The lowest BCUT2D eigenvalue weighted by Crippen LogP contribution is -2.47. The monoisotopic (exact) mass is 476 g/mol. The fraction of sp³-hybridized carbons (Fsp3) is 0.652. The Balaban J connectivity index is 1.29. The van der Waals surface area contributed by atoms with Gasteiger partial charge in [0.1, 0.15) is 10.7 Å². The number of fused-ring (bicyclic) bond motifs is 1. The molecule has 2 aliphatic rings. The number of likely N-dealkylation sites (tertiary alicyclic amines) is 2. The minimum absolute atomic E-state index is 0.0545. The van der Waals surface area contributed by atoms with Crippen molar-refractivity contribution in [2.75, 3.05) is 26.2 Å². The molecule has 2 amide bonds. The number of amides is 2. The molecule has 32 heavy (non-hydrogen) atoms. The van der Waals surface area contributed by atoms with E-state index < -0.39 is 0 Å². The average Bonchev–Trinajstić information content (AvgIpc) is 3.10. The van der Waals surface area contributed by atoms with Gasteiger partial charge in [-0.05, 0) is 58.4 Å². The molecule has 2 aromatic rings. The SMILES string of the molecule is Cc1sc2nc(CSC(C)C(=O)N3CCC(C(=O)N4CCCCC4)CC3)[nH]c(=O)c2c1C. The number of hydrogen-bond donors (Lipinski definition) is 1. The van der Waals surface area contributed by atoms with Crippen molar-refractivity contribution in [3.63, 3.8) is 0 Å². The molecule has 0 aliphatic carbocycles. The van der Waals surface area contributed by atoms with Crippen LogP contribution in [0, 0.1) is 19.8 Å². The number of thiophene rings is 1. The average molecular weight is 477 g/mol. The number of H-pyrrole nitrogens is 1. The molecule has 9 heteroatoms. The second-order valence-corrected chi connectivity index (χ2v) is 11.4. The quantitative estimate of drug-likeness (QED) is 0.714. The summed E-state index contributed by atoms with van der Waals surface area (Å²) in [5.74, 6) is 1.53. The first kappa shape index (κ1) is 23.3. The molecular weight excluding hydrogens is 444 g/mol. The van der Waals surface area contributed by atoms with Gasteiger partial charge < -0.3 is 14.8 Å². The molecule has 1 atom stereocenters. The molecule has 2 aliphatic heterocycles. The third-order valence-electron chi connectivity index (χ3n) is 6.73. The van der Waals surface area contributed by atoms with E-state index in [1.165, 1.54) is 29.5 Å². The molecule has 0 aromatic carbocycles. The Hall–Kier alpha value is -1.87. The summed E-state index contributed by atoms with van der Waals surface area (Å²) in [5.41, 5.74) is 0.885. The van der Waals surface area contributed by atoms with Crippen LogP contribution in [0.5, 0.6) is 0 Å². The topological polar surface area (TPSA) is 86.4 Å². The molecule has 0 spiro atoms. The van der Waals surface area contributed by atoms with Crippen molar-refractivity contribution in [3.8, 4) is 0 Å². The van der Waals surface area contributed by atoms with Crippen molar-refractivity contribution in [2.24, 2.45) is 5.92 Å². The number of piperidine rings is 2. The highest BCUT2D eigenvalue weighted by atomic mass is 32.2. The van der Waals surface area contributed by atoms with Crippen molar-refractivity contribution in [3.05, 3.63) is 26.6 Å². The summed E-state index contributed by atoms with van der Waals surface area (Å²) in [6, 6.07) is 0. The molecular formula is C23H32N4O3S2. The summed E-state index contributed by atoms with van der Waals surface area (Å²) in [6.45, 7) is 8.92. The van der Waals surface area contributed by atoms with E-state index in [1.807, 2.05) is 30.6 Å². The lowest BCUT2D eigenvalue weighted by Gasteiger charge is -2.36. The zero-order valence-electron chi connectivity index (χ0n) is 19.1. The van der Waals surface area contributed by atoms with Crippen molar-refractivity contribution in [1.82, 2.24) is 19.8 Å². The fourth-order valence-electron chi connectivity index (χ4n) is 4.62. The van der Waals surface area contributed by atoms with Crippen LogP contribution < -0.4 is 5.56 Å². The molecule has 2 aromatic heterocycles. The van der Waals surface area contributed by atoms with Gasteiger partial charge in [0.05, 0.1) is 16.4 Å². The van der Waals surface area contributed by atoms with Gasteiger partial charge in [-0.1, -0.05) is 0 Å². The minimum Gasteiger partial charge on any atom is -0.342 e. The highest BCUT2D eigenvalue weighted by Crippen LogP contribution is 2.27. The smallest absolute Gasteiger partial charge is 0.259 e. The summed E-state index contributed by atoms with van der Waals surface area (Å²) in [7, 11) is 0. The van der Waals surface area contributed by atoms with Gasteiger partial charge >= 0.3 is 0 Å². The van der Waals surface area contributed by atoms with Crippen LogP contribution >= 0.6 is 23.1 Å². The number of aromatic nitrogens is 2. The molecule has 2 fully saturated rings. The lowest BCUT2D eigenvalue weighted by atomic mass is 9.94. The minimum atomic E-state index is -0.225. The second-order valence-electron chi connectivity index (χ2n) is 8.91.